The summed E-state index contributed by atoms with van der Waals surface area (Å²) < 4.78 is 0. The molecule has 18 heavy (non-hydrogen) atoms. The number of aromatic amines is 1. The molecule has 1 aromatic heterocycles. The number of nitrogen functional groups attached to an aromatic ring is 1. The Kier molecular flexibility index (Phi) is 2.43. The molecule has 3 aromatic rings. The number of hydrogen-bond acceptors (Lipinski definition) is 3. The predicted molar refractivity (Wildman–Crippen MR) is 74.3 cm³/mol. The molecule has 0 aliphatic heterocycles. The number of halogens is 2. The first-order valence-corrected chi connectivity index (χ1v) is 5.89. The molecular formula is C12H7Cl2N3O. The minimum Gasteiger partial charge on any atom is -0.369 e. The summed E-state index contributed by atoms with van der Waals surface area (Å²) in [5, 5.41) is 2.83. The third-order valence-electron chi connectivity index (χ3n) is 2.75. The number of hydrogen-bond donors (Lipinski definition) is 2. The normalized spacial score (nSPS) is 11.2. The van der Waals surface area contributed by atoms with Crippen LogP contribution >= 0.6 is 23.2 Å². The van der Waals surface area contributed by atoms with Crippen LogP contribution in [0.15, 0.2) is 29.1 Å². The van der Waals surface area contributed by atoms with Crippen LogP contribution in [0.4, 0.5) is 5.95 Å². The number of nitrogens with one attached hydrogen (secondary N) is 1. The van der Waals surface area contributed by atoms with Gasteiger partial charge in [-0.15, -0.1) is 0 Å². The van der Waals surface area contributed by atoms with E-state index in [0.717, 1.165) is 5.39 Å². The molecule has 0 aliphatic carbocycles. The first kappa shape index (κ1) is 11.3. The van der Waals surface area contributed by atoms with Gasteiger partial charge in [-0.3, -0.25) is 9.78 Å². The van der Waals surface area contributed by atoms with E-state index in [0.29, 0.717) is 26.3 Å². The number of aromatic nitrogens is 2. The van der Waals surface area contributed by atoms with E-state index in [-0.39, 0.29) is 11.5 Å². The molecule has 3 rings (SSSR count). The standard InChI is InChI=1S/C12H7Cl2N3O/c13-7-3-5-1-2-9-10(6(5)4-8(7)14)11(18)17-12(15)16-9/h1-4H,(H3,15,16,17,18). The summed E-state index contributed by atoms with van der Waals surface area (Å²) in [6.45, 7) is 0. The molecule has 0 unspecified atom stereocenters. The molecule has 0 bridgehead atoms. The van der Waals surface area contributed by atoms with Crippen molar-refractivity contribution in [2.24, 2.45) is 0 Å². The molecule has 0 aliphatic rings. The molecule has 0 atom stereocenters. The van der Waals surface area contributed by atoms with Gasteiger partial charge in [0.1, 0.15) is 0 Å². The van der Waals surface area contributed by atoms with Crippen LogP contribution in [0.2, 0.25) is 10.0 Å². The van der Waals surface area contributed by atoms with Crippen LogP contribution in [-0.2, 0) is 0 Å². The topological polar surface area (TPSA) is 71.8 Å². The molecular weight excluding hydrogens is 273 g/mol. The third kappa shape index (κ3) is 1.62. The Bertz CT molecular complexity index is 842. The number of H-pyrrole nitrogens is 1. The Balaban J connectivity index is 2.61. The fraction of sp³-hybridized carbons (Fsp3) is 0. The number of nitrogens with two attached hydrogens (primary N) is 1. The van der Waals surface area contributed by atoms with Gasteiger partial charge in [-0.05, 0) is 29.0 Å². The van der Waals surface area contributed by atoms with Crippen LogP contribution in [0.25, 0.3) is 21.7 Å². The van der Waals surface area contributed by atoms with Crippen molar-refractivity contribution < 1.29 is 0 Å². The summed E-state index contributed by atoms with van der Waals surface area (Å²) in [4.78, 5) is 18.5. The second-order valence-corrected chi connectivity index (χ2v) is 4.71. The number of anilines is 1. The second kappa shape index (κ2) is 3.86. The SMILES string of the molecule is Nc1nc2ccc3cc(Cl)c(Cl)cc3c2c(=O)[nH]1. The van der Waals surface area contributed by atoms with Crippen LogP contribution in [0, 0.1) is 0 Å². The zero-order valence-corrected chi connectivity index (χ0v) is 10.5. The van der Waals surface area contributed by atoms with Gasteiger partial charge in [-0.2, -0.15) is 0 Å². The molecule has 0 saturated carbocycles. The Morgan fingerprint density at radius 3 is 2.67 bits per heavy atom. The van der Waals surface area contributed by atoms with Crippen molar-refractivity contribution in [3.8, 4) is 0 Å². The monoisotopic (exact) mass is 279 g/mol. The van der Waals surface area contributed by atoms with Crippen LogP contribution in [-0.4, -0.2) is 9.97 Å². The van der Waals surface area contributed by atoms with Gasteiger partial charge in [0.15, 0.2) is 0 Å². The molecule has 0 fully saturated rings. The maximum absolute atomic E-state index is 12.0. The molecule has 2 aromatic carbocycles. The highest BCUT2D eigenvalue weighted by molar-refractivity contribution is 6.43. The highest BCUT2D eigenvalue weighted by atomic mass is 35.5. The highest BCUT2D eigenvalue weighted by Gasteiger charge is 2.09. The summed E-state index contributed by atoms with van der Waals surface area (Å²) in [5.41, 5.74) is 5.75. The summed E-state index contributed by atoms with van der Waals surface area (Å²) in [5.74, 6) is 0.0897. The van der Waals surface area contributed by atoms with E-state index in [1.807, 2.05) is 6.07 Å². The zero-order chi connectivity index (χ0) is 12.9. The van der Waals surface area contributed by atoms with Crippen LogP contribution in [0.5, 0.6) is 0 Å². The molecule has 0 amide bonds. The first-order chi connectivity index (χ1) is 8.56. The van der Waals surface area contributed by atoms with E-state index in [9.17, 15) is 4.79 Å². The van der Waals surface area contributed by atoms with Gasteiger partial charge in [0.2, 0.25) is 5.95 Å². The van der Waals surface area contributed by atoms with Crippen molar-refractivity contribution in [1.29, 1.82) is 0 Å². The first-order valence-electron chi connectivity index (χ1n) is 5.13. The number of rotatable bonds is 0. The lowest BCUT2D eigenvalue weighted by molar-refractivity contribution is 1.19. The third-order valence-corrected chi connectivity index (χ3v) is 3.47. The predicted octanol–water partition coefficient (Wildman–Crippen LogP) is 2.97. The smallest absolute Gasteiger partial charge is 0.260 e. The Morgan fingerprint density at radius 1 is 1.17 bits per heavy atom. The lowest BCUT2D eigenvalue weighted by atomic mass is 10.1. The van der Waals surface area contributed by atoms with Gasteiger partial charge in [-0.1, -0.05) is 29.3 Å². The van der Waals surface area contributed by atoms with Crippen LogP contribution in [0.1, 0.15) is 0 Å². The van der Waals surface area contributed by atoms with Crippen molar-refractivity contribution in [3.05, 3.63) is 44.7 Å². The minimum absolute atomic E-state index is 0.0897. The summed E-state index contributed by atoms with van der Waals surface area (Å²) in [6, 6.07) is 6.93. The largest absolute Gasteiger partial charge is 0.369 e. The molecule has 0 saturated heterocycles. The van der Waals surface area contributed by atoms with Crippen molar-refractivity contribution in [3.63, 3.8) is 0 Å². The van der Waals surface area contributed by atoms with E-state index in [1.54, 1.807) is 18.2 Å². The Hall–Kier alpha value is -1.78. The lowest BCUT2D eigenvalue weighted by Crippen LogP contribution is -2.11. The number of nitrogens with zero attached hydrogens (tertiary/aromatic N) is 1. The minimum atomic E-state index is -0.290. The van der Waals surface area contributed by atoms with E-state index < -0.39 is 0 Å². The summed E-state index contributed by atoms with van der Waals surface area (Å²) >= 11 is 11.9. The average Bonchev–Trinajstić information content (AvgIpc) is 2.30. The second-order valence-electron chi connectivity index (χ2n) is 3.90. The van der Waals surface area contributed by atoms with Crippen LogP contribution in [0.3, 0.4) is 0 Å². The molecule has 1 heterocycles. The van der Waals surface area contributed by atoms with Gasteiger partial charge in [0, 0.05) is 0 Å². The van der Waals surface area contributed by atoms with Crippen molar-refractivity contribution in [2.75, 3.05) is 5.73 Å². The van der Waals surface area contributed by atoms with Crippen molar-refractivity contribution in [1.82, 2.24) is 9.97 Å². The Labute approximate surface area is 111 Å². The zero-order valence-electron chi connectivity index (χ0n) is 9.00. The quantitative estimate of drug-likeness (QED) is 0.622. The van der Waals surface area contributed by atoms with Gasteiger partial charge in [0.25, 0.3) is 5.56 Å². The fourth-order valence-electron chi connectivity index (χ4n) is 1.97. The average molecular weight is 280 g/mol. The van der Waals surface area contributed by atoms with Crippen molar-refractivity contribution in [2.45, 2.75) is 0 Å². The number of fused-ring (bicyclic) bond motifs is 3. The molecule has 3 N–H and O–H groups in total. The van der Waals surface area contributed by atoms with Gasteiger partial charge in [-0.25, -0.2) is 4.98 Å². The maximum atomic E-state index is 12.0. The number of benzene rings is 2. The fourth-order valence-corrected chi connectivity index (χ4v) is 2.31. The van der Waals surface area contributed by atoms with Gasteiger partial charge in [0.05, 0.1) is 20.9 Å². The summed E-state index contributed by atoms with van der Waals surface area (Å²) in [7, 11) is 0. The van der Waals surface area contributed by atoms with Crippen molar-refractivity contribution >= 4 is 50.8 Å². The lowest BCUT2D eigenvalue weighted by Gasteiger charge is -2.05. The van der Waals surface area contributed by atoms with Gasteiger partial charge < -0.3 is 5.73 Å². The molecule has 0 spiro atoms. The summed E-state index contributed by atoms with van der Waals surface area (Å²) in [6.07, 6.45) is 0. The van der Waals surface area contributed by atoms with E-state index in [1.165, 1.54) is 0 Å². The molecule has 90 valence electrons. The Morgan fingerprint density at radius 2 is 1.89 bits per heavy atom. The molecule has 0 radical (unpaired) electrons. The maximum Gasteiger partial charge on any atom is 0.260 e. The van der Waals surface area contributed by atoms with Gasteiger partial charge >= 0.3 is 0 Å². The van der Waals surface area contributed by atoms with E-state index in [2.05, 4.69) is 9.97 Å². The molecule has 4 nitrogen and oxygen atoms in total. The van der Waals surface area contributed by atoms with Crippen LogP contribution < -0.4 is 11.3 Å². The van der Waals surface area contributed by atoms with E-state index >= 15 is 0 Å². The highest BCUT2D eigenvalue weighted by Crippen LogP contribution is 2.30. The molecule has 6 heteroatoms. The van der Waals surface area contributed by atoms with E-state index in [4.69, 9.17) is 28.9 Å².